The summed E-state index contributed by atoms with van der Waals surface area (Å²) < 4.78 is 7.27. The third kappa shape index (κ3) is 3.37. The molecule has 0 N–H and O–H groups in total. The minimum Gasteiger partial charge on any atom is -0.307 e. The Labute approximate surface area is 273 Å². The van der Waals surface area contributed by atoms with Crippen LogP contribution in [-0.2, 0) is 0 Å². The maximum absolute atomic E-state index is 4.91. The van der Waals surface area contributed by atoms with E-state index in [0.29, 0.717) is 0 Å². The largest absolute Gasteiger partial charge is 0.307 e. The standard InChI is InChI=1S/C43H25N3S/c1-3-13-30-28(11-1)29-12-2-6-16-33(29)41-39(30)40-32-15-5-4-14-31(32)38-34-17-7-8-18-36(34)47-43(38)42(40)46(41)27-22-20-26(21-23-27)35-25-45-24-10-9-19-37(45)44-35/h1-25H. The number of benzene rings is 7. The van der Waals surface area contributed by atoms with Crippen LogP contribution in [0.2, 0.25) is 0 Å². The molecular formula is C43H25N3S. The Hall–Kier alpha value is -5.97. The topological polar surface area (TPSA) is 22.2 Å². The van der Waals surface area contributed by atoms with Gasteiger partial charge >= 0.3 is 0 Å². The van der Waals surface area contributed by atoms with Crippen molar-refractivity contribution < 1.29 is 0 Å². The molecule has 4 aromatic heterocycles. The normalized spacial score (nSPS) is 12.3. The van der Waals surface area contributed by atoms with Crippen molar-refractivity contribution in [3.05, 3.63) is 152 Å². The van der Waals surface area contributed by atoms with Crippen molar-refractivity contribution in [3.63, 3.8) is 0 Å². The summed E-state index contributed by atoms with van der Waals surface area (Å²) in [5.74, 6) is 0. The van der Waals surface area contributed by atoms with Crippen LogP contribution in [0.25, 0.3) is 96.9 Å². The smallest absolute Gasteiger partial charge is 0.137 e. The lowest BCUT2D eigenvalue weighted by Gasteiger charge is -2.13. The highest BCUT2D eigenvalue weighted by molar-refractivity contribution is 7.27. The predicted octanol–water partition coefficient (Wildman–Crippen LogP) is 11.9. The van der Waals surface area contributed by atoms with E-state index in [-0.39, 0.29) is 0 Å². The molecule has 0 aliphatic heterocycles. The number of thiophene rings is 1. The van der Waals surface area contributed by atoms with Crippen LogP contribution in [0.1, 0.15) is 0 Å². The number of imidazole rings is 1. The van der Waals surface area contributed by atoms with Gasteiger partial charge in [-0.1, -0.05) is 109 Å². The molecule has 11 rings (SSSR count). The van der Waals surface area contributed by atoms with E-state index in [1.54, 1.807) is 0 Å². The lowest BCUT2D eigenvalue weighted by atomic mass is 9.94. The highest BCUT2D eigenvalue weighted by atomic mass is 32.1. The maximum Gasteiger partial charge on any atom is 0.137 e. The quantitative estimate of drug-likeness (QED) is 0.177. The Morgan fingerprint density at radius 1 is 0.468 bits per heavy atom. The summed E-state index contributed by atoms with van der Waals surface area (Å²) in [7, 11) is 0. The average molecular weight is 616 g/mol. The number of nitrogens with zero attached hydrogens (tertiary/aromatic N) is 3. The number of rotatable bonds is 2. The molecule has 4 heteroatoms. The van der Waals surface area contributed by atoms with Crippen molar-refractivity contribution in [2.75, 3.05) is 0 Å². The Morgan fingerprint density at radius 2 is 1.04 bits per heavy atom. The zero-order valence-corrected chi connectivity index (χ0v) is 26.0. The lowest BCUT2D eigenvalue weighted by Crippen LogP contribution is -1.95. The first-order valence-corrected chi connectivity index (χ1v) is 16.8. The summed E-state index contributed by atoms with van der Waals surface area (Å²) in [6.45, 7) is 0. The van der Waals surface area contributed by atoms with Gasteiger partial charge in [-0.2, -0.15) is 0 Å². The van der Waals surface area contributed by atoms with Gasteiger partial charge in [-0.25, -0.2) is 4.98 Å². The van der Waals surface area contributed by atoms with E-state index >= 15 is 0 Å². The van der Waals surface area contributed by atoms with E-state index < -0.39 is 0 Å². The van der Waals surface area contributed by atoms with E-state index in [1.807, 2.05) is 35.7 Å². The molecule has 4 heterocycles. The number of fused-ring (bicyclic) bond motifs is 16. The molecule has 0 fully saturated rings. The van der Waals surface area contributed by atoms with Gasteiger partial charge in [0.15, 0.2) is 0 Å². The van der Waals surface area contributed by atoms with Crippen molar-refractivity contribution in [2.24, 2.45) is 0 Å². The van der Waals surface area contributed by atoms with E-state index in [0.717, 1.165) is 22.6 Å². The van der Waals surface area contributed by atoms with E-state index in [1.165, 1.54) is 74.3 Å². The maximum atomic E-state index is 4.91. The molecule has 11 aromatic rings. The van der Waals surface area contributed by atoms with E-state index in [9.17, 15) is 0 Å². The minimum atomic E-state index is 0.950. The van der Waals surface area contributed by atoms with Crippen LogP contribution in [0.4, 0.5) is 0 Å². The molecule has 7 aromatic carbocycles. The van der Waals surface area contributed by atoms with Crippen LogP contribution in [0.5, 0.6) is 0 Å². The van der Waals surface area contributed by atoms with Gasteiger partial charge in [0.25, 0.3) is 0 Å². The Bertz CT molecular complexity index is 3030. The fourth-order valence-electron chi connectivity index (χ4n) is 7.94. The molecule has 0 unspecified atom stereocenters. The molecule has 0 bridgehead atoms. The van der Waals surface area contributed by atoms with Crippen molar-refractivity contribution in [2.45, 2.75) is 0 Å². The highest BCUT2D eigenvalue weighted by Gasteiger charge is 2.25. The zero-order valence-electron chi connectivity index (χ0n) is 25.2. The fraction of sp³-hybridized carbons (Fsp3) is 0. The van der Waals surface area contributed by atoms with Gasteiger partial charge in [-0.3, -0.25) is 0 Å². The number of hydrogen-bond acceptors (Lipinski definition) is 2. The summed E-state index contributed by atoms with van der Waals surface area (Å²) in [5, 5.41) is 13.0. The summed E-state index contributed by atoms with van der Waals surface area (Å²) >= 11 is 1.91. The van der Waals surface area contributed by atoms with Crippen LogP contribution < -0.4 is 0 Å². The first-order chi connectivity index (χ1) is 23.3. The Balaban J connectivity index is 1.36. The first-order valence-electron chi connectivity index (χ1n) is 16.0. The molecule has 3 nitrogen and oxygen atoms in total. The highest BCUT2D eigenvalue weighted by Crippen LogP contribution is 2.50. The van der Waals surface area contributed by atoms with Gasteiger partial charge in [0, 0.05) is 55.3 Å². The molecular weight excluding hydrogens is 591 g/mol. The molecule has 47 heavy (non-hydrogen) atoms. The van der Waals surface area contributed by atoms with Crippen LogP contribution in [0, 0.1) is 0 Å². The zero-order chi connectivity index (χ0) is 30.6. The molecule has 0 amide bonds. The lowest BCUT2D eigenvalue weighted by molar-refractivity contribution is 1.19. The molecule has 0 spiro atoms. The van der Waals surface area contributed by atoms with Crippen molar-refractivity contribution in [1.29, 1.82) is 0 Å². The van der Waals surface area contributed by atoms with Gasteiger partial charge in [-0.05, 0) is 57.3 Å². The summed E-state index contributed by atoms with van der Waals surface area (Å²) in [4.78, 5) is 4.91. The number of aromatic nitrogens is 3. The molecule has 0 atom stereocenters. The Kier molecular flexibility index (Phi) is 4.99. The molecule has 0 saturated heterocycles. The van der Waals surface area contributed by atoms with Gasteiger partial charge in [0.1, 0.15) is 5.65 Å². The molecule has 0 aliphatic carbocycles. The summed E-state index contributed by atoms with van der Waals surface area (Å²) in [6, 6.07) is 50.9. The van der Waals surface area contributed by atoms with Crippen LogP contribution >= 0.6 is 11.3 Å². The van der Waals surface area contributed by atoms with Crippen LogP contribution in [0.15, 0.2) is 152 Å². The SMILES string of the molecule is c1ccc2c(c1)sc1c2c2ccccc2c2c3c4ccccc4c4ccccc4c3n(-c3ccc(-c4cn5ccccc5n4)cc3)c12. The van der Waals surface area contributed by atoms with Gasteiger partial charge in [-0.15, -0.1) is 11.3 Å². The molecule has 0 aliphatic rings. The Morgan fingerprint density at radius 3 is 1.79 bits per heavy atom. The van der Waals surface area contributed by atoms with Crippen molar-refractivity contribution in [1.82, 2.24) is 14.0 Å². The molecule has 0 saturated carbocycles. The van der Waals surface area contributed by atoms with Crippen LogP contribution in [0.3, 0.4) is 0 Å². The third-order valence-corrected chi connectivity index (χ3v) is 11.1. The average Bonchev–Trinajstić information content (AvgIpc) is 3.84. The number of pyridine rings is 1. The fourth-order valence-corrected chi connectivity index (χ4v) is 9.20. The summed E-state index contributed by atoms with van der Waals surface area (Å²) in [5.41, 5.74) is 6.70. The second-order valence-corrected chi connectivity index (χ2v) is 13.4. The first kappa shape index (κ1) is 25.2. The molecule has 218 valence electrons. The van der Waals surface area contributed by atoms with Gasteiger partial charge < -0.3 is 8.97 Å². The second kappa shape index (κ2) is 9.29. The van der Waals surface area contributed by atoms with Crippen LogP contribution in [-0.4, -0.2) is 14.0 Å². The van der Waals surface area contributed by atoms with E-state index in [2.05, 4.69) is 136 Å². The number of hydrogen-bond donors (Lipinski definition) is 0. The third-order valence-electron chi connectivity index (χ3n) is 9.90. The predicted molar refractivity (Wildman–Crippen MR) is 200 cm³/mol. The molecule has 0 radical (unpaired) electrons. The monoisotopic (exact) mass is 615 g/mol. The van der Waals surface area contributed by atoms with E-state index in [4.69, 9.17) is 4.98 Å². The van der Waals surface area contributed by atoms with Gasteiger partial charge in [0.05, 0.1) is 21.4 Å². The van der Waals surface area contributed by atoms with Crippen molar-refractivity contribution >= 4 is 91.3 Å². The summed E-state index contributed by atoms with van der Waals surface area (Å²) in [6.07, 6.45) is 4.16. The minimum absolute atomic E-state index is 0.950. The van der Waals surface area contributed by atoms with Gasteiger partial charge in [0.2, 0.25) is 0 Å². The second-order valence-electron chi connectivity index (χ2n) is 12.4. The van der Waals surface area contributed by atoms with Crippen molar-refractivity contribution in [3.8, 4) is 16.9 Å².